The SMILES string of the molecule is COc1ccc(F)c2c1cc(C#N)n2CCNc1cc(-c2ccc(O)c(Cl)c2)ncn1. The number of hydrogen-bond acceptors (Lipinski definition) is 6. The molecule has 4 rings (SSSR count). The Balaban J connectivity index is 1.56. The van der Waals surface area contributed by atoms with Crippen molar-refractivity contribution in [2.24, 2.45) is 0 Å². The zero-order chi connectivity index (χ0) is 22.0. The molecule has 2 N–H and O–H groups in total. The molecule has 156 valence electrons. The van der Waals surface area contributed by atoms with Crippen molar-refractivity contribution in [1.29, 1.82) is 5.26 Å². The lowest BCUT2D eigenvalue weighted by molar-refractivity contribution is 0.419. The molecule has 0 aliphatic heterocycles. The van der Waals surface area contributed by atoms with E-state index in [2.05, 4.69) is 21.4 Å². The van der Waals surface area contributed by atoms with Gasteiger partial charge in [0.15, 0.2) is 0 Å². The lowest BCUT2D eigenvalue weighted by Gasteiger charge is -2.11. The van der Waals surface area contributed by atoms with Crippen LogP contribution in [-0.2, 0) is 6.54 Å². The van der Waals surface area contributed by atoms with Crippen LogP contribution in [-0.4, -0.2) is 33.3 Å². The Bertz CT molecular complexity index is 1320. The minimum atomic E-state index is -0.425. The largest absolute Gasteiger partial charge is 0.506 e. The molecule has 0 saturated heterocycles. The second kappa shape index (κ2) is 8.50. The molecule has 0 radical (unpaired) electrons. The number of anilines is 1. The molecule has 0 bridgehead atoms. The second-order valence-corrected chi connectivity index (χ2v) is 7.09. The van der Waals surface area contributed by atoms with Gasteiger partial charge in [-0.1, -0.05) is 11.6 Å². The summed E-state index contributed by atoms with van der Waals surface area (Å²) in [5.41, 5.74) is 2.01. The van der Waals surface area contributed by atoms with Crippen LogP contribution in [0.25, 0.3) is 22.2 Å². The van der Waals surface area contributed by atoms with Crippen LogP contribution in [0.1, 0.15) is 5.69 Å². The van der Waals surface area contributed by atoms with E-state index >= 15 is 0 Å². The maximum atomic E-state index is 14.5. The van der Waals surface area contributed by atoms with Gasteiger partial charge in [-0.05, 0) is 36.4 Å². The second-order valence-electron chi connectivity index (χ2n) is 6.69. The van der Waals surface area contributed by atoms with Crippen molar-refractivity contribution >= 4 is 28.3 Å². The fourth-order valence-electron chi connectivity index (χ4n) is 3.39. The van der Waals surface area contributed by atoms with Gasteiger partial charge in [0, 0.05) is 30.1 Å². The third-order valence-electron chi connectivity index (χ3n) is 4.86. The first-order valence-electron chi connectivity index (χ1n) is 9.32. The quantitative estimate of drug-likeness (QED) is 0.458. The normalized spacial score (nSPS) is 10.8. The van der Waals surface area contributed by atoms with Gasteiger partial charge in [-0.25, -0.2) is 14.4 Å². The molecular formula is C22H17ClFN5O2. The molecule has 31 heavy (non-hydrogen) atoms. The van der Waals surface area contributed by atoms with E-state index in [1.54, 1.807) is 34.9 Å². The van der Waals surface area contributed by atoms with Crippen molar-refractivity contribution in [3.63, 3.8) is 0 Å². The Kier molecular flexibility index (Phi) is 5.60. The van der Waals surface area contributed by atoms with Crippen LogP contribution in [0.4, 0.5) is 10.2 Å². The molecule has 9 heteroatoms. The highest BCUT2D eigenvalue weighted by molar-refractivity contribution is 6.32. The molecule has 0 atom stereocenters. The summed E-state index contributed by atoms with van der Waals surface area (Å²) in [6.45, 7) is 0.725. The van der Waals surface area contributed by atoms with Crippen molar-refractivity contribution in [3.8, 4) is 28.8 Å². The number of nitrogens with one attached hydrogen (secondary N) is 1. The van der Waals surface area contributed by atoms with Crippen LogP contribution in [0.15, 0.2) is 48.8 Å². The average Bonchev–Trinajstić information content (AvgIpc) is 3.16. The van der Waals surface area contributed by atoms with E-state index in [0.717, 1.165) is 5.56 Å². The lowest BCUT2D eigenvalue weighted by atomic mass is 10.1. The molecule has 2 heterocycles. The molecule has 2 aromatic heterocycles. The number of ether oxygens (including phenoxy) is 1. The molecule has 0 saturated carbocycles. The van der Waals surface area contributed by atoms with E-state index in [-0.39, 0.29) is 10.8 Å². The van der Waals surface area contributed by atoms with Crippen molar-refractivity contribution < 1.29 is 14.2 Å². The van der Waals surface area contributed by atoms with E-state index in [0.29, 0.717) is 46.9 Å². The highest BCUT2D eigenvalue weighted by atomic mass is 35.5. The van der Waals surface area contributed by atoms with Gasteiger partial charge in [-0.15, -0.1) is 0 Å². The number of nitriles is 1. The number of halogens is 2. The van der Waals surface area contributed by atoms with Gasteiger partial charge >= 0.3 is 0 Å². The number of hydrogen-bond donors (Lipinski definition) is 2. The number of phenols is 1. The number of aromatic nitrogens is 3. The van der Waals surface area contributed by atoms with Gasteiger partial charge in [0.25, 0.3) is 0 Å². The van der Waals surface area contributed by atoms with Crippen LogP contribution in [0, 0.1) is 17.1 Å². The molecular weight excluding hydrogens is 421 g/mol. The van der Waals surface area contributed by atoms with Gasteiger partial charge in [0.2, 0.25) is 0 Å². The standard InChI is InChI=1S/C22H17ClFN5O2/c1-31-20-5-3-17(24)22-15(20)9-14(11-25)29(22)7-6-26-21-10-18(27-12-28-21)13-2-4-19(30)16(23)8-13/h2-5,8-10,12,30H,6-7H2,1H3,(H,26,27,28). The van der Waals surface area contributed by atoms with Gasteiger partial charge in [0.1, 0.15) is 41.2 Å². The number of phenolic OH excluding ortho intramolecular Hbond substituents is 1. The molecule has 0 aliphatic rings. The predicted molar refractivity (Wildman–Crippen MR) is 116 cm³/mol. The van der Waals surface area contributed by atoms with Gasteiger partial charge in [0.05, 0.1) is 23.3 Å². The smallest absolute Gasteiger partial charge is 0.147 e. The maximum absolute atomic E-state index is 14.5. The Morgan fingerprint density at radius 2 is 2.06 bits per heavy atom. The number of fused-ring (bicyclic) bond motifs is 1. The number of benzene rings is 2. The lowest BCUT2D eigenvalue weighted by Crippen LogP contribution is -2.13. The van der Waals surface area contributed by atoms with Crippen LogP contribution in [0.5, 0.6) is 11.5 Å². The first-order valence-corrected chi connectivity index (χ1v) is 9.70. The molecule has 0 aliphatic carbocycles. The minimum Gasteiger partial charge on any atom is -0.506 e. The summed E-state index contributed by atoms with van der Waals surface area (Å²) in [5, 5.41) is 23.0. The molecule has 0 unspecified atom stereocenters. The van der Waals surface area contributed by atoms with E-state index in [4.69, 9.17) is 16.3 Å². The molecule has 0 spiro atoms. The van der Waals surface area contributed by atoms with Gasteiger partial charge in [-0.3, -0.25) is 0 Å². The predicted octanol–water partition coefficient (Wildman–Crippen LogP) is 4.59. The van der Waals surface area contributed by atoms with Crippen molar-refractivity contribution in [2.75, 3.05) is 19.0 Å². The maximum Gasteiger partial charge on any atom is 0.147 e. The van der Waals surface area contributed by atoms with Crippen LogP contribution < -0.4 is 10.1 Å². The Labute approximate surface area is 182 Å². The topological polar surface area (TPSA) is 96.0 Å². The molecule has 0 fully saturated rings. The first-order chi connectivity index (χ1) is 15.0. The van der Waals surface area contributed by atoms with Crippen LogP contribution in [0.2, 0.25) is 5.02 Å². The molecule has 4 aromatic rings. The summed E-state index contributed by atoms with van der Waals surface area (Å²) in [7, 11) is 1.51. The van der Waals surface area contributed by atoms with Crippen molar-refractivity contribution in [1.82, 2.24) is 14.5 Å². The van der Waals surface area contributed by atoms with Crippen LogP contribution in [0.3, 0.4) is 0 Å². The number of aromatic hydroxyl groups is 1. The Hall–Kier alpha value is -3.83. The van der Waals surface area contributed by atoms with E-state index in [1.807, 2.05) is 0 Å². The van der Waals surface area contributed by atoms with E-state index < -0.39 is 5.82 Å². The van der Waals surface area contributed by atoms with Crippen LogP contribution >= 0.6 is 11.6 Å². The van der Waals surface area contributed by atoms with Gasteiger partial charge in [-0.2, -0.15) is 5.26 Å². The third kappa shape index (κ3) is 3.96. The number of methoxy groups -OCH3 is 1. The molecule has 0 amide bonds. The number of rotatable bonds is 6. The molecule has 7 nitrogen and oxygen atoms in total. The van der Waals surface area contributed by atoms with Gasteiger partial charge < -0.3 is 19.7 Å². The fraction of sp³-hybridized carbons (Fsp3) is 0.136. The third-order valence-corrected chi connectivity index (χ3v) is 5.16. The van der Waals surface area contributed by atoms with E-state index in [1.165, 1.54) is 25.6 Å². The monoisotopic (exact) mass is 437 g/mol. The zero-order valence-electron chi connectivity index (χ0n) is 16.4. The summed E-state index contributed by atoms with van der Waals surface area (Å²) < 4.78 is 21.4. The first kappa shape index (κ1) is 20.4. The summed E-state index contributed by atoms with van der Waals surface area (Å²) in [4.78, 5) is 8.43. The fourth-order valence-corrected chi connectivity index (χ4v) is 3.57. The van der Waals surface area contributed by atoms with E-state index in [9.17, 15) is 14.8 Å². The summed E-state index contributed by atoms with van der Waals surface area (Å²) >= 11 is 5.98. The number of nitrogens with zero attached hydrogens (tertiary/aromatic N) is 4. The zero-order valence-corrected chi connectivity index (χ0v) is 17.2. The average molecular weight is 438 g/mol. The highest BCUT2D eigenvalue weighted by Crippen LogP contribution is 2.31. The summed E-state index contributed by atoms with van der Waals surface area (Å²) in [6.07, 6.45) is 1.41. The summed E-state index contributed by atoms with van der Waals surface area (Å²) in [6, 6.07) is 13.1. The Morgan fingerprint density at radius 3 is 2.81 bits per heavy atom. The minimum absolute atomic E-state index is 0.00562. The molecule has 2 aromatic carbocycles. The summed E-state index contributed by atoms with van der Waals surface area (Å²) in [5.74, 6) is 0.634. The van der Waals surface area contributed by atoms with Crippen molar-refractivity contribution in [2.45, 2.75) is 6.54 Å². The highest BCUT2D eigenvalue weighted by Gasteiger charge is 2.16. The van der Waals surface area contributed by atoms with Crippen molar-refractivity contribution in [3.05, 3.63) is 65.3 Å². The Morgan fingerprint density at radius 1 is 1.23 bits per heavy atom.